The lowest BCUT2D eigenvalue weighted by Gasteiger charge is -2.44. The second-order valence-corrected chi connectivity index (χ2v) is 9.89. The van der Waals surface area contributed by atoms with E-state index in [4.69, 9.17) is 23.2 Å². The van der Waals surface area contributed by atoms with Gasteiger partial charge in [-0.15, -0.1) is 12.4 Å². The van der Waals surface area contributed by atoms with Crippen LogP contribution >= 0.6 is 35.6 Å². The summed E-state index contributed by atoms with van der Waals surface area (Å²) >= 11 is 12.3. The van der Waals surface area contributed by atoms with Crippen molar-refractivity contribution in [2.45, 2.75) is 44.2 Å². The van der Waals surface area contributed by atoms with Gasteiger partial charge in [-0.1, -0.05) is 65.7 Å². The first kappa shape index (κ1) is 24.3. The molecule has 2 atom stereocenters. The van der Waals surface area contributed by atoms with Crippen molar-refractivity contribution in [3.8, 4) is 0 Å². The van der Waals surface area contributed by atoms with Crippen LogP contribution < -0.4 is 0 Å². The Morgan fingerprint density at radius 2 is 1.79 bits per heavy atom. The molecular formula is C27H29Cl3N2O. The molecule has 1 amide bonds. The van der Waals surface area contributed by atoms with Crippen LogP contribution in [0.2, 0.25) is 10.0 Å². The van der Waals surface area contributed by atoms with E-state index in [0.29, 0.717) is 22.5 Å². The molecule has 0 saturated carbocycles. The van der Waals surface area contributed by atoms with Crippen LogP contribution in [-0.4, -0.2) is 41.9 Å². The van der Waals surface area contributed by atoms with Gasteiger partial charge in [0.25, 0.3) is 0 Å². The van der Waals surface area contributed by atoms with Crippen LogP contribution in [0.4, 0.5) is 0 Å². The molecule has 2 aliphatic rings. The molecule has 1 aliphatic carbocycles. The van der Waals surface area contributed by atoms with Crippen LogP contribution in [-0.2, 0) is 17.6 Å². The molecule has 1 aliphatic heterocycles. The number of likely N-dealkylation sites (N-methyl/N-ethyl adjacent to an activating group) is 1. The number of fused-ring (bicyclic) bond motifs is 3. The predicted molar refractivity (Wildman–Crippen MR) is 140 cm³/mol. The highest BCUT2D eigenvalue weighted by Crippen LogP contribution is 2.41. The Bertz CT molecular complexity index is 1160. The normalized spacial score (nSPS) is 20.3. The van der Waals surface area contributed by atoms with Gasteiger partial charge in [0, 0.05) is 13.1 Å². The van der Waals surface area contributed by atoms with Gasteiger partial charge in [-0.2, -0.15) is 0 Å². The fourth-order valence-corrected chi connectivity index (χ4v) is 5.91. The number of hydrogen-bond acceptors (Lipinski definition) is 2. The lowest BCUT2D eigenvalue weighted by atomic mass is 9.80. The Labute approximate surface area is 212 Å². The molecular weight excluding hydrogens is 475 g/mol. The van der Waals surface area contributed by atoms with Gasteiger partial charge < -0.3 is 4.90 Å². The summed E-state index contributed by atoms with van der Waals surface area (Å²) in [6.07, 6.45) is 4.95. The molecule has 33 heavy (non-hydrogen) atoms. The summed E-state index contributed by atoms with van der Waals surface area (Å²) in [4.78, 5) is 18.1. The van der Waals surface area contributed by atoms with E-state index in [1.54, 1.807) is 12.1 Å². The topological polar surface area (TPSA) is 23.6 Å². The molecule has 5 rings (SSSR count). The van der Waals surface area contributed by atoms with Crippen molar-refractivity contribution in [2.75, 3.05) is 20.1 Å². The second kappa shape index (κ2) is 10.2. The number of rotatable bonds is 4. The number of hydrogen-bond donors (Lipinski definition) is 0. The summed E-state index contributed by atoms with van der Waals surface area (Å²) in [5.74, 6) is 0.110. The first-order chi connectivity index (χ1) is 15.5. The first-order valence-corrected chi connectivity index (χ1v) is 12.2. The summed E-state index contributed by atoms with van der Waals surface area (Å²) in [5.41, 5.74) is 3.60. The number of carbonyl (C=O) groups is 1. The number of amides is 1. The Morgan fingerprint density at radius 1 is 1.03 bits per heavy atom. The molecule has 1 fully saturated rings. The smallest absolute Gasteiger partial charge is 0.227 e. The van der Waals surface area contributed by atoms with Crippen LogP contribution in [0.1, 0.15) is 42.0 Å². The van der Waals surface area contributed by atoms with Crippen molar-refractivity contribution in [3.05, 3.63) is 81.3 Å². The van der Waals surface area contributed by atoms with Crippen molar-refractivity contribution in [2.24, 2.45) is 0 Å². The highest BCUT2D eigenvalue weighted by atomic mass is 35.5. The Kier molecular flexibility index (Phi) is 7.55. The maximum absolute atomic E-state index is 13.5. The van der Waals surface area contributed by atoms with Crippen LogP contribution in [0.25, 0.3) is 10.8 Å². The Balaban J connectivity index is 0.00000259. The highest BCUT2D eigenvalue weighted by Gasteiger charge is 2.39. The summed E-state index contributed by atoms with van der Waals surface area (Å²) in [5, 5.41) is 3.59. The molecule has 0 spiro atoms. The van der Waals surface area contributed by atoms with E-state index < -0.39 is 0 Å². The molecule has 0 radical (unpaired) electrons. The summed E-state index contributed by atoms with van der Waals surface area (Å²) in [6, 6.07) is 18.9. The van der Waals surface area contributed by atoms with E-state index >= 15 is 0 Å². The number of halogens is 3. The minimum Gasteiger partial charge on any atom is -0.337 e. The minimum absolute atomic E-state index is 0. The van der Waals surface area contributed by atoms with Crippen LogP contribution in [0.3, 0.4) is 0 Å². The molecule has 0 N–H and O–H groups in total. The van der Waals surface area contributed by atoms with Gasteiger partial charge in [-0.25, -0.2) is 0 Å². The molecule has 0 aromatic heterocycles. The molecule has 3 aromatic carbocycles. The van der Waals surface area contributed by atoms with Crippen molar-refractivity contribution < 1.29 is 4.79 Å². The molecule has 3 nitrogen and oxygen atoms in total. The maximum Gasteiger partial charge on any atom is 0.227 e. The van der Waals surface area contributed by atoms with E-state index in [-0.39, 0.29) is 24.4 Å². The quantitative estimate of drug-likeness (QED) is 0.394. The molecule has 3 aromatic rings. The zero-order valence-electron chi connectivity index (χ0n) is 18.8. The zero-order chi connectivity index (χ0) is 22.2. The fourth-order valence-electron chi connectivity index (χ4n) is 5.59. The summed E-state index contributed by atoms with van der Waals surface area (Å²) in [6.45, 7) is 2.25. The lowest BCUT2D eigenvalue weighted by Crippen LogP contribution is -2.48. The largest absolute Gasteiger partial charge is 0.337 e. The van der Waals surface area contributed by atoms with Gasteiger partial charge in [0.2, 0.25) is 5.91 Å². The predicted octanol–water partition coefficient (Wildman–Crippen LogP) is 6.72. The maximum atomic E-state index is 13.5. The van der Waals surface area contributed by atoms with Crippen LogP contribution in [0.15, 0.2) is 54.6 Å². The lowest BCUT2D eigenvalue weighted by molar-refractivity contribution is -0.133. The summed E-state index contributed by atoms with van der Waals surface area (Å²) < 4.78 is 0. The van der Waals surface area contributed by atoms with E-state index in [0.717, 1.165) is 31.5 Å². The number of carbonyl (C=O) groups excluding carboxylic acids is 1. The third-order valence-electron chi connectivity index (χ3n) is 7.21. The van der Waals surface area contributed by atoms with E-state index in [1.807, 2.05) is 18.0 Å². The highest BCUT2D eigenvalue weighted by molar-refractivity contribution is 6.42. The minimum atomic E-state index is 0. The average molecular weight is 504 g/mol. The Hall–Kier alpha value is -1.78. The third kappa shape index (κ3) is 4.74. The second-order valence-electron chi connectivity index (χ2n) is 9.08. The van der Waals surface area contributed by atoms with E-state index in [9.17, 15) is 4.79 Å². The SMILES string of the molecule is CN(C(=O)Cc1ccc(Cl)c(Cl)c1)[C@H]1c2ccc3ccccc3c2CC[C@@H]1N1CCCC1.Cl. The molecule has 0 bridgehead atoms. The van der Waals surface area contributed by atoms with Gasteiger partial charge in [-0.3, -0.25) is 9.69 Å². The standard InChI is InChI=1S/C27H28Cl2N2O.ClH/c1-30(26(32)17-18-8-12-23(28)24(29)16-18)27-22-10-9-19-6-2-3-7-20(19)21(22)11-13-25(27)31-14-4-5-15-31;/h2-3,6-10,12,16,25,27H,4-5,11,13-15,17H2,1H3;1H/t25-,27-;/m0./s1. The van der Waals surface area contributed by atoms with Crippen molar-refractivity contribution in [3.63, 3.8) is 0 Å². The van der Waals surface area contributed by atoms with Gasteiger partial charge in [0.15, 0.2) is 0 Å². The molecule has 0 unspecified atom stereocenters. The third-order valence-corrected chi connectivity index (χ3v) is 7.95. The van der Waals surface area contributed by atoms with Crippen LogP contribution in [0, 0.1) is 0 Å². The average Bonchev–Trinajstić information content (AvgIpc) is 3.35. The number of likely N-dealkylation sites (tertiary alicyclic amines) is 1. The first-order valence-electron chi connectivity index (χ1n) is 11.5. The summed E-state index contributed by atoms with van der Waals surface area (Å²) in [7, 11) is 1.97. The number of benzene rings is 3. The van der Waals surface area contributed by atoms with Crippen molar-refractivity contribution in [1.29, 1.82) is 0 Å². The van der Waals surface area contributed by atoms with Gasteiger partial charge in [-0.05, 0) is 78.4 Å². The van der Waals surface area contributed by atoms with Gasteiger partial charge >= 0.3 is 0 Å². The monoisotopic (exact) mass is 502 g/mol. The van der Waals surface area contributed by atoms with E-state index in [1.165, 1.54) is 34.7 Å². The fraction of sp³-hybridized carbons (Fsp3) is 0.370. The number of aryl methyl sites for hydroxylation is 1. The molecule has 1 heterocycles. The van der Waals surface area contributed by atoms with Crippen molar-refractivity contribution in [1.82, 2.24) is 9.80 Å². The zero-order valence-corrected chi connectivity index (χ0v) is 21.1. The molecule has 174 valence electrons. The van der Waals surface area contributed by atoms with Gasteiger partial charge in [0.1, 0.15) is 0 Å². The molecule has 6 heteroatoms. The van der Waals surface area contributed by atoms with E-state index in [2.05, 4.69) is 41.3 Å². The van der Waals surface area contributed by atoms with Crippen LogP contribution in [0.5, 0.6) is 0 Å². The number of nitrogens with zero attached hydrogens (tertiary/aromatic N) is 2. The van der Waals surface area contributed by atoms with Crippen molar-refractivity contribution >= 4 is 52.3 Å². The Morgan fingerprint density at radius 3 is 2.55 bits per heavy atom. The van der Waals surface area contributed by atoms with Gasteiger partial charge in [0.05, 0.1) is 22.5 Å². The molecule has 1 saturated heterocycles.